The Balaban J connectivity index is -0.00000392. The molecule has 0 aromatic carbocycles. The Bertz CT molecular complexity index is 529. The van der Waals surface area contributed by atoms with Gasteiger partial charge in [0.15, 0.2) is 0 Å². The van der Waals surface area contributed by atoms with Gasteiger partial charge in [0.25, 0.3) is 0 Å². The van der Waals surface area contributed by atoms with Crippen molar-refractivity contribution < 1.29 is 21.9 Å². The molecule has 0 bridgehead atoms. The van der Waals surface area contributed by atoms with Crippen LogP contribution < -0.4 is 10.6 Å². The molecule has 6 nitrogen and oxygen atoms in total. The minimum absolute atomic E-state index is 0. The van der Waals surface area contributed by atoms with Gasteiger partial charge in [0.05, 0.1) is 19.8 Å². The molecule has 172 valence electrons. The van der Waals surface area contributed by atoms with E-state index in [9.17, 15) is 9.59 Å². The molecule has 0 aromatic rings. The molecule has 0 aliphatic heterocycles. The second kappa shape index (κ2) is 17.9. The molecule has 0 heterocycles. The maximum atomic E-state index is 11.7. The summed E-state index contributed by atoms with van der Waals surface area (Å²) in [4.78, 5) is 23.4. The molecule has 29 heavy (non-hydrogen) atoms. The van der Waals surface area contributed by atoms with E-state index in [0.717, 1.165) is 12.2 Å². The van der Waals surface area contributed by atoms with E-state index >= 15 is 0 Å². The number of amides is 2. The van der Waals surface area contributed by atoms with E-state index in [1.807, 2.05) is 27.7 Å². The number of hydrogen-bond donors (Lipinski definition) is 2. The molecular weight excluding hydrogens is 408 g/mol. The second-order valence-corrected chi connectivity index (χ2v) is 9.89. The molecule has 2 unspecified atom stereocenters. The molecular formula is C21H42N2O4S2. The van der Waals surface area contributed by atoms with Gasteiger partial charge < -0.3 is 20.1 Å². The van der Waals surface area contributed by atoms with Crippen molar-refractivity contribution in [3.8, 4) is 11.8 Å². The maximum Gasteiger partial charge on any atom is 0.246 e. The van der Waals surface area contributed by atoms with Gasteiger partial charge in [-0.2, -0.15) is 0 Å². The summed E-state index contributed by atoms with van der Waals surface area (Å²) in [6.07, 6.45) is 0.854. The predicted molar refractivity (Wildman–Crippen MR) is 128 cm³/mol. The Kier molecular flexibility index (Phi) is 17.4. The summed E-state index contributed by atoms with van der Waals surface area (Å²) in [5, 5.41) is 5.65. The van der Waals surface area contributed by atoms with Crippen LogP contribution in [0.4, 0.5) is 0 Å². The Morgan fingerprint density at radius 1 is 1.10 bits per heavy atom. The molecule has 0 aromatic heterocycles. The molecule has 2 atom stereocenters. The Hall–Kier alpha value is -0.880. The summed E-state index contributed by atoms with van der Waals surface area (Å²) in [7, 11) is 3.36. The van der Waals surface area contributed by atoms with E-state index in [4.69, 9.17) is 9.47 Å². The average Bonchev–Trinajstić information content (AvgIpc) is 2.67. The first kappa shape index (κ1) is 28.1. The Morgan fingerprint density at radius 3 is 2.45 bits per heavy atom. The highest BCUT2D eigenvalue weighted by Gasteiger charge is 2.15. The monoisotopic (exact) mass is 450 g/mol. The molecule has 8 heteroatoms. The largest absolute Gasteiger partial charge is 0.369 e. The molecule has 0 spiro atoms. The molecule has 0 aliphatic carbocycles. The van der Waals surface area contributed by atoms with Crippen molar-refractivity contribution in [2.24, 2.45) is 17.8 Å². The van der Waals surface area contributed by atoms with E-state index < -0.39 is 0 Å². The molecule has 0 saturated carbocycles. The van der Waals surface area contributed by atoms with E-state index in [1.54, 1.807) is 21.6 Å². The van der Waals surface area contributed by atoms with Gasteiger partial charge in [-0.25, -0.2) is 0 Å². The van der Waals surface area contributed by atoms with Crippen molar-refractivity contribution in [3.05, 3.63) is 0 Å². The van der Waals surface area contributed by atoms with Gasteiger partial charge in [-0.15, -0.1) is 0 Å². The highest BCUT2D eigenvalue weighted by molar-refractivity contribution is 8.76. The van der Waals surface area contributed by atoms with Crippen LogP contribution in [0.2, 0.25) is 0 Å². The molecule has 0 fully saturated rings. The summed E-state index contributed by atoms with van der Waals surface area (Å²) < 4.78 is 11.2. The van der Waals surface area contributed by atoms with Gasteiger partial charge in [0.2, 0.25) is 11.8 Å². The van der Waals surface area contributed by atoms with E-state index in [1.165, 1.54) is 0 Å². The first-order valence-corrected chi connectivity index (χ1v) is 12.7. The van der Waals surface area contributed by atoms with Crippen molar-refractivity contribution in [2.45, 2.75) is 53.4 Å². The minimum atomic E-state index is -0.173. The maximum absolute atomic E-state index is 11.7. The molecule has 2 N–H and O–H groups in total. The quantitative estimate of drug-likeness (QED) is 0.171. The highest BCUT2D eigenvalue weighted by atomic mass is 33.1. The summed E-state index contributed by atoms with van der Waals surface area (Å²) in [5.74, 6) is 7.37. The zero-order chi connectivity index (χ0) is 22.1. The number of ether oxygens (including phenoxy) is 2. The first-order valence-electron chi connectivity index (χ1n) is 10.3. The molecule has 0 radical (unpaired) electrons. The fraction of sp³-hybridized carbons (Fsp3) is 0.810. The van der Waals surface area contributed by atoms with Crippen LogP contribution in [0.25, 0.3) is 0 Å². The number of nitrogens with one attached hydrogen (secondary N) is 2. The summed E-state index contributed by atoms with van der Waals surface area (Å²) >= 11 is 0. The smallest absolute Gasteiger partial charge is 0.246 e. The number of carbonyl (C=O) groups is 2. The van der Waals surface area contributed by atoms with Gasteiger partial charge >= 0.3 is 0 Å². The lowest BCUT2D eigenvalue weighted by atomic mass is 10.1. The molecule has 0 rings (SSSR count). The topological polar surface area (TPSA) is 76.7 Å². The minimum Gasteiger partial charge on any atom is -0.369 e. The number of hydrogen-bond acceptors (Lipinski definition) is 6. The van der Waals surface area contributed by atoms with Gasteiger partial charge in [-0.1, -0.05) is 75.0 Å². The first-order chi connectivity index (χ1) is 13.8. The SMILES string of the molecule is CCC(C)C(=O)NCCSSC(OCCOCC(=O)NCC#CC(C)C)C(C)C.[HH].[HH]. The Labute approximate surface area is 187 Å². The molecule has 2 amide bonds. The van der Waals surface area contributed by atoms with Crippen molar-refractivity contribution >= 4 is 33.4 Å². The van der Waals surface area contributed by atoms with Gasteiger partial charge in [-0.3, -0.25) is 9.59 Å². The van der Waals surface area contributed by atoms with Crippen LogP contribution in [0.15, 0.2) is 0 Å². The van der Waals surface area contributed by atoms with Crippen molar-refractivity contribution in [1.82, 2.24) is 10.6 Å². The van der Waals surface area contributed by atoms with Crippen LogP contribution in [-0.2, 0) is 19.1 Å². The lowest BCUT2D eigenvalue weighted by Crippen LogP contribution is -2.30. The van der Waals surface area contributed by atoms with Crippen LogP contribution in [0, 0.1) is 29.6 Å². The molecule has 0 aliphatic rings. The van der Waals surface area contributed by atoms with Gasteiger partial charge in [0.1, 0.15) is 12.0 Å². The third kappa shape index (κ3) is 16.6. The number of carbonyl (C=O) groups excluding carboxylic acids is 2. The zero-order valence-corrected chi connectivity index (χ0v) is 20.3. The van der Waals surface area contributed by atoms with Gasteiger partial charge in [0, 0.05) is 27.0 Å². The van der Waals surface area contributed by atoms with E-state index in [2.05, 4.69) is 36.3 Å². The second-order valence-electron chi connectivity index (χ2n) is 7.31. The Morgan fingerprint density at radius 2 is 1.83 bits per heavy atom. The lowest BCUT2D eigenvalue weighted by molar-refractivity contribution is -0.126. The van der Waals surface area contributed by atoms with Crippen LogP contribution >= 0.6 is 21.6 Å². The lowest BCUT2D eigenvalue weighted by Gasteiger charge is -2.20. The van der Waals surface area contributed by atoms with Crippen LogP contribution in [0.3, 0.4) is 0 Å². The van der Waals surface area contributed by atoms with Crippen LogP contribution in [-0.4, -0.2) is 55.9 Å². The number of rotatable bonds is 15. The van der Waals surface area contributed by atoms with Crippen molar-refractivity contribution in [1.29, 1.82) is 0 Å². The summed E-state index contributed by atoms with van der Waals surface area (Å²) in [6, 6.07) is 0. The highest BCUT2D eigenvalue weighted by Crippen LogP contribution is 2.31. The van der Waals surface area contributed by atoms with E-state index in [-0.39, 0.29) is 32.6 Å². The van der Waals surface area contributed by atoms with Crippen molar-refractivity contribution in [3.63, 3.8) is 0 Å². The fourth-order valence-electron chi connectivity index (χ4n) is 1.86. The van der Waals surface area contributed by atoms with Gasteiger partial charge in [-0.05, 0) is 12.3 Å². The van der Waals surface area contributed by atoms with Crippen LogP contribution in [0.1, 0.15) is 50.8 Å². The summed E-state index contributed by atoms with van der Waals surface area (Å²) in [5.41, 5.74) is 0.0361. The zero-order valence-electron chi connectivity index (χ0n) is 18.7. The van der Waals surface area contributed by atoms with Crippen LogP contribution in [0.5, 0.6) is 0 Å². The normalized spacial score (nSPS) is 13.0. The van der Waals surface area contributed by atoms with E-state index in [0.29, 0.717) is 38.1 Å². The third-order valence-corrected chi connectivity index (χ3v) is 6.61. The third-order valence-electron chi connectivity index (χ3n) is 3.76. The fourth-order valence-corrected chi connectivity index (χ4v) is 4.42. The standard InChI is InChI=1S/C21H38N2O4S2.2H2/c1-7-18(6)20(25)23-11-14-28-29-21(17(4)5)27-13-12-26-15-19(24)22-10-8-9-16(2)3;;/h16-18,21H,7,10-15H2,1-6H3,(H,22,24)(H,23,25);2*1H. The average molecular weight is 451 g/mol. The summed E-state index contributed by atoms with van der Waals surface area (Å²) in [6.45, 7) is 14.0. The van der Waals surface area contributed by atoms with Crippen molar-refractivity contribution in [2.75, 3.05) is 38.7 Å². The molecule has 0 saturated heterocycles. The predicted octanol–water partition coefficient (Wildman–Crippen LogP) is 3.81.